The van der Waals surface area contributed by atoms with Crippen molar-refractivity contribution in [3.05, 3.63) is 11.1 Å². The van der Waals surface area contributed by atoms with Crippen molar-refractivity contribution in [2.24, 2.45) is 39.4 Å². The molecule has 2 saturated carbocycles. The molecule has 1 heteroatoms. The van der Waals surface area contributed by atoms with E-state index in [1.807, 2.05) is 11.1 Å². The number of unbranched alkanes of at least 4 members (excludes halogenated alkanes) is 1. The lowest BCUT2D eigenvalue weighted by Gasteiger charge is -2.62. The third-order valence-electron chi connectivity index (χ3n) is 11.4. The maximum atomic E-state index is 2.78. The van der Waals surface area contributed by atoms with E-state index in [1.54, 1.807) is 0 Å². The Kier molecular flexibility index (Phi) is 6.34. The van der Waals surface area contributed by atoms with E-state index in [0.717, 1.165) is 21.7 Å². The van der Waals surface area contributed by atoms with Gasteiger partial charge in [0.25, 0.3) is 0 Å². The number of rotatable bonds is 5. The summed E-state index contributed by atoms with van der Waals surface area (Å²) in [7, 11) is 0. The Morgan fingerprint density at radius 1 is 0.867 bits per heavy atom. The van der Waals surface area contributed by atoms with Gasteiger partial charge in [0.2, 0.25) is 0 Å². The molecule has 4 aliphatic rings. The Balaban J connectivity index is 1.60. The predicted octanol–water partition coefficient (Wildman–Crippen LogP) is 9.76. The van der Waals surface area contributed by atoms with Crippen molar-refractivity contribution in [2.45, 2.75) is 129 Å². The van der Waals surface area contributed by atoms with E-state index < -0.39 is 0 Å². The van der Waals surface area contributed by atoms with Crippen LogP contribution in [0.5, 0.6) is 0 Å². The largest absolute Gasteiger partial charge is 0.0820 e. The average Bonchev–Trinajstić information content (AvgIpc) is 2.94. The van der Waals surface area contributed by atoms with Crippen molar-refractivity contribution >= 4 is 22.6 Å². The summed E-state index contributed by atoms with van der Waals surface area (Å²) in [5.41, 5.74) is 5.96. The molecule has 30 heavy (non-hydrogen) atoms. The third-order valence-corrected chi connectivity index (χ3v) is 13.7. The Labute approximate surface area is 202 Å². The number of hydrogen-bond acceptors (Lipinski definition) is 0. The van der Waals surface area contributed by atoms with Gasteiger partial charge in [-0.1, -0.05) is 101 Å². The minimum absolute atomic E-state index is 0.485. The van der Waals surface area contributed by atoms with Crippen LogP contribution in [0.4, 0.5) is 0 Å². The van der Waals surface area contributed by atoms with Gasteiger partial charge in [-0.3, -0.25) is 0 Å². The molecule has 0 aromatic carbocycles. The van der Waals surface area contributed by atoms with Gasteiger partial charge in [0, 0.05) is 3.92 Å². The summed E-state index contributed by atoms with van der Waals surface area (Å²) in [6.45, 7) is 18.1. The lowest BCUT2D eigenvalue weighted by atomic mass is 9.44. The van der Waals surface area contributed by atoms with Gasteiger partial charge in [0.15, 0.2) is 0 Å². The Morgan fingerprint density at radius 2 is 1.60 bits per heavy atom. The molecule has 0 heterocycles. The molecule has 2 fully saturated rings. The molecular weight excluding hydrogens is 475 g/mol. The predicted molar refractivity (Wildman–Crippen MR) is 140 cm³/mol. The molecule has 6 atom stereocenters. The van der Waals surface area contributed by atoms with Gasteiger partial charge >= 0.3 is 0 Å². The summed E-state index contributed by atoms with van der Waals surface area (Å²) >= 11 is 2.78. The zero-order valence-corrected chi connectivity index (χ0v) is 23.3. The average molecular weight is 525 g/mol. The standard InChI is InChI=1S/C29H49I/c1-20(2)10-8-9-11-21-14-18-29(7)23-12-13-24-26(3,4)25(30)16-17-27(24,5)22(23)15-19-28(21,29)6/h20-21,24-25H,8-19H2,1-7H3/t21-,24-,25-,27+,28+,29-/m0/s1. The maximum Gasteiger partial charge on any atom is 0.0164 e. The smallest absolute Gasteiger partial charge is 0.0164 e. The van der Waals surface area contributed by atoms with Crippen LogP contribution in [0.25, 0.3) is 0 Å². The lowest BCUT2D eigenvalue weighted by molar-refractivity contribution is -0.00915. The Bertz CT molecular complexity index is 686. The van der Waals surface area contributed by atoms with Gasteiger partial charge in [-0.2, -0.15) is 0 Å². The van der Waals surface area contributed by atoms with Gasteiger partial charge in [0.1, 0.15) is 0 Å². The molecule has 0 radical (unpaired) electrons. The van der Waals surface area contributed by atoms with Crippen molar-refractivity contribution in [1.82, 2.24) is 0 Å². The number of allylic oxidation sites excluding steroid dienone is 2. The van der Waals surface area contributed by atoms with Crippen LogP contribution in [0.3, 0.4) is 0 Å². The van der Waals surface area contributed by atoms with E-state index in [0.29, 0.717) is 21.7 Å². The van der Waals surface area contributed by atoms with Crippen molar-refractivity contribution < 1.29 is 0 Å². The molecule has 0 aliphatic heterocycles. The molecule has 0 aromatic heterocycles. The van der Waals surface area contributed by atoms with Crippen LogP contribution in [0.2, 0.25) is 0 Å². The van der Waals surface area contributed by atoms with Gasteiger partial charge in [-0.05, 0) is 97.2 Å². The molecule has 0 saturated heterocycles. The first-order valence-electron chi connectivity index (χ1n) is 13.3. The van der Waals surface area contributed by atoms with Crippen LogP contribution in [0, 0.1) is 39.4 Å². The highest BCUT2D eigenvalue weighted by atomic mass is 127. The van der Waals surface area contributed by atoms with Gasteiger partial charge in [0.05, 0.1) is 0 Å². The van der Waals surface area contributed by atoms with Crippen molar-refractivity contribution in [2.75, 3.05) is 0 Å². The second kappa shape index (κ2) is 8.05. The molecule has 0 nitrogen and oxygen atoms in total. The fraction of sp³-hybridized carbons (Fsp3) is 0.931. The van der Waals surface area contributed by atoms with Crippen LogP contribution in [-0.4, -0.2) is 3.92 Å². The highest BCUT2D eigenvalue weighted by molar-refractivity contribution is 14.1. The van der Waals surface area contributed by atoms with Crippen LogP contribution < -0.4 is 0 Å². The SMILES string of the molecule is CC(C)CCCC[C@H]1CC[C@@]2(C)C3=C(CC[C@]12C)[C@@]1(C)CC[C@H](I)C(C)(C)[C@@H]1CC3. The number of halogens is 1. The highest BCUT2D eigenvalue weighted by Gasteiger charge is 2.62. The van der Waals surface area contributed by atoms with Crippen molar-refractivity contribution in [3.63, 3.8) is 0 Å². The van der Waals surface area contributed by atoms with E-state index in [2.05, 4.69) is 71.1 Å². The van der Waals surface area contributed by atoms with E-state index in [1.165, 1.54) is 77.0 Å². The summed E-state index contributed by atoms with van der Waals surface area (Å²) in [6, 6.07) is 0. The van der Waals surface area contributed by atoms with Crippen LogP contribution in [0.15, 0.2) is 11.1 Å². The van der Waals surface area contributed by atoms with Crippen molar-refractivity contribution in [3.8, 4) is 0 Å². The third kappa shape index (κ3) is 3.40. The molecule has 4 aliphatic carbocycles. The molecule has 172 valence electrons. The molecule has 0 unspecified atom stereocenters. The summed E-state index contributed by atoms with van der Waals surface area (Å²) < 4.78 is 0.849. The number of alkyl halides is 1. The molecular formula is C29H49I. The van der Waals surface area contributed by atoms with E-state index in [-0.39, 0.29) is 0 Å². The van der Waals surface area contributed by atoms with Crippen molar-refractivity contribution in [1.29, 1.82) is 0 Å². The first-order chi connectivity index (χ1) is 14.0. The minimum atomic E-state index is 0.485. The van der Waals surface area contributed by atoms with E-state index in [4.69, 9.17) is 0 Å². The Morgan fingerprint density at radius 3 is 2.30 bits per heavy atom. The monoisotopic (exact) mass is 524 g/mol. The number of hydrogen-bond donors (Lipinski definition) is 0. The van der Waals surface area contributed by atoms with Crippen LogP contribution in [0.1, 0.15) is 126 Å². The van der Waals surface area contributed by atoms with Gasteiger partial charge < -0.3 is 0 Å². The highest BCUT2D eigenvalue weighted by Crippen LogP contribution is 2.72. The number of fused-ring (bicyclic) bond motifs is 4. The minimum Gasteiger partial charge on any atom is -0.0820 e. The molecule has 4 rings (SSSR count). The summed E-state index contributed by atoms with van der Waals surface area (Å²) in [6.07, 6.45) is 17.4. The lowest BCUT2D eigenvalue weighted by Crippen LogP contribution is -2.53. The zero-order chi connectivity index (χ0) is 21.9. The molecule has 0 bridgehead atoms. The van der Waals surface area contributed by atoms with Gasteiger partial charge in [-0.15, -0.1) is 0 Å². The van der Waals surface area contributed by atoms with Crippen LogP contribution >= 0.6 is 22.6 Å². The molecule has 0 N–H and O–H groups in total. The van der Waals surface area contributed by atoms with Crippen LogP contribution in [-0.2, 0) is 0 Å². The van der Waals surface area contributed by atoms with Gasteiger partial charge in [-0.25, -0.2) is 0 Å². The fourth-order valence-corrected chi connectivity index (χ4v) is 9.92. The maximum absolute atomic E-state index is 2.78. The first kappa shape index (κ1) is 23.6. The zero-order valence-electron chi connectivity index (χ0n) is 21.2. The van der Waals surface area contributed by atoms with E-state index >= 15 is 0 Å². The second-order valence-electron chi connectivity index (χ2n) is 13.5. The molecule has 0 aromatic rings. The molecule has 0 spiro atoms. The summed E-state index contributed by atoms with van der Waals surface area (Å²) in [5, 5.41) is 0. The van der Waals surface area contributed by atoms with E-state index in [9.17, 15) is 0 Å². The Hall–Kier alpha value is 0.470. The summed E-state index contributed by atoms with van der Waals surface area (Å²) in [4.78, 5) is 0. The molecule has 0 amide bonds. The topological polar surface area (TPSA) is 0 Å². The first-order valence-corrected chi connectivity index (χ1v) is 14.6. The normalized spacial score (nSPS) is 45.3. The second-order valence-corrected chi connectivity index (χ2v) is 15.0. The summed E-state index contributed by atoms with van der Waals surface area (Å²) in [5.74, 6) is 2.73. The fourth-order valence-electron chi connectivity index (χ4n) is 9.18. The quantitative estimate of drug-likeness (QED) is 0.145.